The zero-order valence-electron chi connectivity index (χ0n) is 16.1. The molecule has 3 aromatic carbocycles. The Kier molecular flexibility index (Phi) is 5.52. The molecular formula is C23H22N2O4. The zero-order valence-corrected chi connectivity index (χ0v) is 16.1. The molecule has 0 atom stereocenters. The van der Waals surface area contributed by atoms with Crippen molar-refractivity contribution in [3.63, 3.8) is 0 Å². The molecule has 3 aromatic rings. The van der Waals surface area contributed by atoms with E-state index >= 15 is 0 Å². The molecule has 29 heavy (non-hydrogen) atoms. The number of hydrogen-bond donors (Lipinski definition) is 1. The second-order valence-corrected chi connectivity index (χ2v) is 6.78. The van der Waals surface area contributed by atoms with Gasteiger partial charge in [0.2, 0.25) is 6.79 Å². The molecule has 0 aliphatic carbocycles. The first-order chi connectivity index (χ1) is 14.2. The van der Waals surface area contributed by atoms with Crippen LogP contribution in [0.4, 0.5) is 10.5 Å². The lowest BCUT2D eigenvalue weighted by Crippen LogP contribution is -2.30. The van der Waals surface area contributed by atoms with Gasteiger partial charge in [0.25, 0.3) is 0 Å². The first-order valence-corrected chi connectivity index (χ1v) is 9.35. The van der Waals surface area contributed by atoms with E-state index in [2.05, 4.69) is 5.32 Å². The summed E-state index contributed by atoms with van der Waals surface area (Å²) in [5.74, 6) is 2.11. The van der Waals surface area contributed by atoms with Crippen LogP contribution in [0.2, 0.25) is 0 Å². The molecule has 1 N–H and O–H groups in total. The van der Waals surface area contributed by atoms with Crippen LogP contribution < -0.4 is 19.5 Å². The van der Waals surface area contributed by atoms with E-state index in [1.165, 1.54) is 0 Å². The maximum Gasteiger partial charge on any atom is 0.321 e. The van der Waals surface area contributed by atoms with Crippen molar-refractivity contribution in [3.05, 3.63) is 83.9 Å². The minimum atomic E-state index is -0.164. The Morgan fingerprint density at radius 1 is 0.966 bits per heavy atom. The summed E-state index contributed by atoms with van der Waals surface area (Å²) in [5, 5.41) is 2.93. The summed E-state index contributed by atoms with van der Waals surface area (Å²) in [7, 11) is 1.77. The predicted octanol–water partition coefficient (Wildman–Crippen LogP) is 4.66. The molecule has 4 rings (SSSR count). The number of nitrogens with zero attached hydrogens (tertiary/aromatic N) is 1. The summed E-state index contributed by atoms with van der Waals surface area (Å²) in [6.07, 6.45) is 0. The lowest BCUT2D eigenvalue weighted by Gasteiger charge is -2.18. The summed E-state index contributed by atoms with van der Waals surface area (Å²) >= 11 is 0. The van der Waals surface area contributed by atoms with Crippen LogP contribution in [-0.2, 0) is 13.2 Å². The minimum Gasteiger partial charge on any atom is -0.489 e. The van der Waals surface area contributed by atoms with E-state index in [0.29, 0.717) is 24.7 Å². The van der Waals surface area contributed by atoms with Crippen molar-refractivity contribution < 1.29 is 19.0 Å². The number of rotatable bonds is 6. The van der Waals surface area contributed by atoms with Gasteiger partial charge in [-0.15, -0.1) is 0 Å². The Hall–Kier alpha value is -3.67. The highest BCUT2D eigenvalue weighted by atomic mass is 16.7. The highest BCUT2D eigenvalue weighted by Gasteiger charge is 2.14. The lowest BCUT2D eigenvalue weighted by molar-refractivity contribution is 0.173. The van der Waals surface area contributed by atoms with Gasteiger partial charge >= 0.3 is 6.03 Å². The van der Waals surface area contributed by atoms with Gasteiger partial charge in [0, 0.05) is 25.3 Å². The molecule has 0 radical (unpaired) electrons. The summed E-state index contributed by atoms with van der Waals surface area (Å²) in [5.41, 5.74) is 2.75. The van der Waals surface area contributed by atoms with Crippen molar-refractivity contribution >= 4 is 11.7 Å². The maximum atomic E-state index is 12.5. The lowest BCUT2D eigenvalue weighted by atomic mass is 10.2. The van der Waals surface area contributed by atoms with Crippen LogP contribution in [0.1, 0.15) is 11.1 Å². The third-order valence-electron chi connectivity index (χ3n) is 4.54. The topological polar surface area (TPSA) is 60.0 Å². The highest BCUT2D eigenvalue weighted by Crippen LogP contribution is 2.35. The van der Waals surface area contributed by atoms with E-state index in [1.54, 1.807) is 11.9 Å². The second kappa shape index (κ2) is 8.56. The van der Waals surface area contributed by atoms with Crippen molar-refractivity contribution in [2.45, 2.75) is 13.2 Å². The van der Waals surface area contributed by atoms with Crippen molar-refractivity contribution in [1.82, 2.24) is 4.90 Å². The Morgan fingerprint density at radius 2 is 1.76 bits per heavy atom. The van der Waals surface area contributed by atoms with Crippen LogP contribution in [-0.4, -0.2) is 24.8 Å². The third-order valence-corrected chi connectivity index (χ3v) is 4.54. The molecule has 6 heteroatoms. The van der Waals surface area contributed by atoms with Gasteiger partial charge < -0.3 is 24.4 Å². The Labute approximate surface area is 169 Å². The van der Waals surface area contributed by atoms with Crippen LogP contribution in [0.5, 0.6) is 17.2 Å². The van der Waals surface area contributed by atoms with Crippen molar-refractivity contribution in [2.75, 3.05) is 19.2 Å². The smallest absolute Gasteiger partial charge is 0.321 e. The number of benzene rings is 3. The van der Waals surface area contributed by atoms with Gasteiger partial charge in [-0.1, -0.05) is 42.5 Å². The van der Waals surface area contributed by atoms with Crippen molar-refractivity contribution in [1.29, 1.82) is 0 Å². The minimum absolute atomic E-state index is 0.164. The number of urea groups is 1. The fourth-order valence-corrected chi connectivity index (χ4v) is 3.02. The number of hydrogen-bond acceptors (Lipinski definition) is 4. The summed E-state index contributed by atoms with van der Waals surface area (Å²) in [6.45, 7) is 1.15. The van der Waals surface area contributed by atoms with Crippen LogP contribution in [0.15, 0.2) is 72.8 Å². The van der Waals surface area contributed by atoms with Crippen LogP contribution in [0, 0.1) is 0 Å². The van der Waals surface area contributed by atoms with Gasteiger partial charge in [0.1, 0.15) is 12.4 Å². The van der Waals surface area contributed by atoms with E-state index in [0.717, 1.165) is 22.6 Å². The average molecular weight is 390 g/mol. The van der Waals surface area contributed by atoms with Gasteiger partial charge in [-0.3, -0.25) is 0 Å². The Balaban J connectivity index is 1.34. The SMILES string of the molecule is CN(Cc1ccccc1)C(=O)Nc1cccc(COc2ccc3c(c2)OCO3)c1. The molecule has 1 heterocycles. The number of fused-ring (bicyclic) bond motifs is 1. The molecule has 148 valence electrons. The van der Waals surface area contributed by atoms with Crippen molar-refractivity contribution in [2.24, 2.45) is 0 Å². The summed E-state index contributed by atoms with van der Waals surface area (Å²) in [6, 6.07) is 22.8. The molecule has 0 fully saturated rings. The summed E-state index contributed by atoms with van der Waals surface area (Å²) in [4.78, 5) is 14.1. The van der Waals surface area contributed by atoms with E-state index in [-0.39, 0.29) is 12.8 Å². The molecule has 0 saturated heterocycles. The number of nitrogens with one attached hydrogen (secondary N) is 1. The first kappa shape index (κ1) is 18.7. The molecule has 0 saturated carbocycles. The molecule has 1 aliphatic heterocycles. The van der Waals surface area contributed by atoms with E-state index in [9.17, 15) is 4.79 Å². The third kappa shape index (κ3) is 4.79. The quantitative estimate of drug-likeness (QED) is 0.665. The van der Waals surface area contributed by atoms with E-state index < -0.39 is 0 Å². The molecule has 6 nitrogen and oxygen atoms in total. The molecule has 0 spiro atoms. The molecular weight excluding hydrogens is 368 g/mol. The molecule has 0 unspecified atom stereocenters. The monoisotopic (exact) mass is 390 g/mol. The average Bonchev–Trinajstić information content (AvgIpc) is 3.21. The standard InChI is InChI=1S/C23H22N2O4/c1-25(14-17-6-3-2-4-7-17)23(26)24-19-9-5-8-18(12-19)15-27-20-10-11-21-22(13-20)29-16-28-21/h2-13H,14-16H2,1H3,(H,24,26). The number of ether oxygens (including phenoxy) is 3. The molecule has 2 amide bonds. The normalized spacial score (nSPS) is 11.8. The fourth-order valence-electron chi connectivity index (χ4n) is 3.02. The van der Waals surface area contributed by atoms with E-state index in [4.69, 9.17) is 14.2 Å². The maximum absolute atomic E-state index is 12.5. The predicted molar refractivity (Wildman–Crippen MR) is 110 cm³/mol. The highest BCUT2D eigenvalue weighted by molar-refractivity contribution is 5.89. The second-order valence-electron chi connectivity index (χ2n) is 6.78. The molecule has 0 aromatic heterocycles. The van der Waals surface area contributed by atoms with Crippen molar-refractivity contribution in [3.8, 4) is 17.2 Å². The number of carbonyl (C=O) groups excluding carboxylic acids is 1. The van der Waals surface area contributed by atoms with E-state index in [1.807, 2.05) is 72.8 Å². The largest absolute Gasteiger partial charge is 0.489 e. The molecule has 0 bridgehead atoms. The first-order valence-electron chi connectivity index (χ1n) is 9.35. The van der Waals surface area contributed by atoms with Gasteiger partial charge in [-0.05, 0) is 35.4 Å². The van der Waals surface area contributed by atoms with Gasteiger partial charge in [-0.25, -0.2) is 4.79 Å². The fraction of sp³-hybridized carbons (Fsp3) is 0.174. The summed E-state index contributed by atoms with van der Waals surface area (Å²) < 4.78 is 16.5. The Bertz CT molecular complexity index is 991. The number of carbonyl (C=O) groups is 1. The Morgan fingerprint density at radius 3 is 2.62 bits per heavy atom. The van der Waals surface area contributed by atoms with Gasteiger partial charge in [0.15, 0.2) is 11.5 Å². The number of amides is 2. The molecule has 1 aliphatic rings. The zero-order chi connectivity index (χ0) is 20.1. The van der Waals surface area contributed by atoms with Crippen LogP contribution >= 0.6 is 0 Å². The van der Waals surface area contributed by atoms with Crippen LogP contribution in [0.25, 0.3) is 0 Å². The van der Waals surface area contributed by atoms with Gasteiger partial charge in [-0.2, -0.15) is 0 Å². The van der Waals surface area contributed by atoms with Crippen LogP contribution in [0.3, 0.4) is 0 Å². The van der Waals surface area contributed by atoms with Gasteiger partial charge in [0.05, 0.1) is 0 Å². The number of anilines is 1.